The van der Waals surface area contributed by atoms with E-state index >= 15 is 0 Å². The van der Waals surface area contributed by atoms with Gasteiger partial charge in [0.05, 0.1) is 0 Å². The van der Waals surface area contributed by atoms with Gasteiger partial charge < -0.3 is 20.4 Å². The summed E-state index contributed by atoms with van der Waals surface area (Å²) in [4.78, 5) is 9.28. The van der Waals surface area contributed by atoms with Gasteiger partial charge in [-0.3, -0.25) is 4.99 Å². The summed E-state index contributed by atoms with van der Waals surface area (Å²) in [5.74, 6) is 0.891. The van der Waals surface area contributed by atoms with Crippen molar-refractivity contribution < 1.29 is 0 Å². The third-order valence-electron chi connectivity index (χ3n) is 4.02. The maximum Gasteiger partial charge on any atom is 0.191 e. The highest BCUT2D eigenvalue weighted by molar-refractivity contribution is 14.0. The number of likely N-dealkylation sites (N-methyl/N-ethyl adjacent to an activating group) is 1. The minimum absolute atomic E-state index is 0. The van der Waals surface area contributed by atoms with E-state index in [4.69, 9.17) is 0 Å². The third-order valence-corrected chi connectivity index (χ3v) is 4.75. The average Bonchev–Trinajstić information content (AvgIpc) is 2.96. The summed E-state index contributed by atoms with van der Waals surface area (Å²) in [5.41, 5.74) is 1.31. The summed E-state index contributed by atoms with van der Waals surface area (Å²) >= 11 is 1.73. The second kappa shape index (κ2) is 12.0. The Balaban J connectivity index is 0.00000264. The number of hydrogen-bond donors (Lipinski definition) is 2. The first-order chi connectivity index (χ1) is 10.8. The summed E-state index contributed by atoms with van der Waals surface area (Å²) in [6.45, 7) is 7.82. The molecule has 1 aromatic rings. The molecule has 0 bridgehead atoms. The predicted octanol–water partition coefficient (Wildman–Crippen LogP) is 2.06. The summed E-state index contributed by atoms with van der Waals surface area (Å²) in [6.07, 6.45) is 2.44. The van der Waals surface area contributed by atoms with Crippen LogP contribution >= 0.6 is 35.3 Å². The molecule has 5 nitrogen and oxygen atoms in total. The quantitative estimate of drug-likeness (QED) is 0.301. The van der Waals surface area contributed by atoms with Crippen LogP contribution in [0.25, 0.3) is 0 Å². The van der Waals surface area contributed by atoms with Crippen molar-refractivity contribution in [1.82, 2.24) is 20.4 Å². The van der Waals surface area contributed by atoms with Crippen molar-refractivity contribution in [3.8, 4) is 0 Å². The fraction of sp³-hybridized carbons (Fsp3) is 0.688. The van der Waals surface area contributed by atoms with E-state index in [0.29, 0.717) is 0 Å². The first-order valence-corrected chi connectivity index (χ1v) is 9.08. The van der Waals surface area contributed by atoms with Crippen LogP contribution in [0.1, 0.15) is 18.4 Å². The van der Waals surface area contributed by atoms with Crippen molar-refractivity contribution in [1.29, 1.82) is 0 Å². The normalized spacial score (nSPS) is 17.4. The van der Waals surface area contributed by atoms with Gasteiger partial charge in [-0.15, -0.1) is 24.0 Å². The molecular weight excluding hydrogens is 421 g/mol. The van der Waals surface area contributed by atoms with E-state index in [0.717, 1.165) is 25.5 Å². The monoisotopic (exact) mass is 451 g/mol. The van der Waals surface area contributed by atoms with Crippen LogP contribution in [0.15, 0.2) is 21.8 Å². The van der Waals surface area contributed by atoms with Gasteiger partial charge in [-0.1, -0.05) is 0 Å². The van der Waals surface area contributed by atoms with E-state index in [1.54, 1.807) is 11.3 Å². The Hall–Kier alpha value is -0.380. The molecule has 23 heavy (non-hydrogen) atoms. The Morgan fingerprint density at radius 3 is 2.87 bits per heavy atom. The molecule has 1 aromatic heterocycles. The molecule has 0 spiro atoms. The van der Waals surface area contributed by atoms with E-state index in [2.05, 4.69) is 49.3 Å². The second-order valence-electron chi connectivity index (χ2n) is 5.84. The van der Waals surface area contributed by atoms with E-state index in [-0.39, 0.29) is 24.0 Å². The van der Waals surface area contributed by atoms with Crippen LogP contribution in [-0.4, -0.2) is 69.1 Å². The molecule has 0 amide bonds. The van der Waals surface area contributed by atoms with Crippen LogP contribution in [0.5, 0.6) is 0 Å². The lowest BCUT2D eigenvalue weighted by Gasteiger charge is -2.20. The van der Waals surface area contributed by atoms with Gasteiger partial charge in [0.1, 0.15) is 0 Å². The zero-order valence-corrected chi connectivity index (χ0v) is 17.4. The molecular formula is C16H30IN5S. The van der Waals surface area contributed by atoms with Crippen LogP contribution in [0, 0.1) is 0 Å². The molecule has 2 rings (SSSR count). The average molecular weight is 451 g/mol. The van der Waals surface area contributed by atoms with Gasteiger partial charge >= 0.3 is 0 Å². The molecule has 0 aliphatic carbocycles. The minimum Gasteiger partial charge on any atom is -0.356 e. The van der Waals surface area contributed by atoms with Crippen LogP contribution in [0.3, 0.4) is 0 Å². The lowest BCUT2D eigenvalue weighted by molar-refractivity contribution is 0.274. The zero-order chi connectivity index (χ0) is 15.6. The molecule has 0 saturated carbocycles. The summed E-state index contributed by atoms with van der Waals surface area (Å²) in [7, 11) is 4.04. The molecule has 0 aromatic carbocycles. The van der Waals surface area contributed by atoms with Crippen molar-refractivity contribution in [3.63, 3.8) is 0 Å². The second-order valence-corrected chi connectivity index (χ2v) is 6.62. The lowest BCUT2D eigenvalue weighted by Crippen LogP contribution is -2.38. The molecule has 1 fully saturated rings. The van der Waals surface area contributed by atoms with Crippen LogP contribution in [0.4, 0.5) is 0 Å². The molecule has 7 heteroatoms. The molecule has 1 aliphatic heterocycles. The molecule has 1 aliphatic rings. The molecule has 0 atom stereocenters. The minimum atomic E-state index is 0. The predicted molar refractivity (Wildman–Crippen MR) is 111 cm³/mol. The van der Waals surface area contributed by atoms with Crippen molar-refractivity contribution in [2.24, 2.45) is 4.99 Å². The zero-order valence-electron chi connectivity index (χ0n) is 14.3. The Kier molecular flexibility index (Phi) is 10.8. The standard InChI is InChI=1S/C16H29N5S.HI/c1-17-16(19-13-15-5-12-22-14-15)18-6-3-8-21-9-4-7-20(2)10-11-21;/h5,12,14H,3-4,6-11,13H2,1-2H3,(H2,17,18,19);1H. The Labute approximate surface area is 161 Å². The van der Waals surface area contributed by atoms with Gasteiger partial charge in [0.2, 0.25) is 0 Å². The van der Waals surface area contributed by atoms with Gasteiger partial charge in [0.25, 0.3) is 0 Å². The Bertz CT molecular complexity index is 438. The maximum atomic E-state index is 4.27. The van der Waals surface area contributed by atoms with Crippen molar-refractivity contribution in [2.75, 3.05) is 53.4 Å². The first kappa shape index (κ1) is 20.7. The van der Waals surface area contributed by atoms with Gasteiger partial charge in [-0.25, -0.2) is 0 Å². The first-order valence-electron chi connectivity index (χ1n) is 8.14. The summed E-state index contributed by atoms with van der Waals surface area (Å²) in [6, 6.07) is 2.14. The van der Waals surface area contributed by atoms with Crippen LogP contribution in [-0.2, 0) is 6.54 Å². The summed E-state index contributed by atoms with van der Waals surface area (Å²) in [5, 5.41) is 11.0. The van der Waals surface area contributed by atoms with Crippen molar-refractivity contribution >= 4 is 41.3 Å². The van der Waals surface area contributed by atoms with E-state index in [9.17, 15) is 0 Å². The van der Waals surface area contributed by atoms with Crippen molar-refractivity contribution in [3.05, 3.63) is 22.4 Å². The van der Waals surface area contributed by atoms with Gasteiger partial charge in [0.15, 0.2) is 5.96 Å². The molecule has 132 valence electrons. The van der Waals surface area contributed by atoms with E-state index in [1.165, 1.54) is 44.7 Å². The number of nitrogens with zero attached hydrogens (tertiary/aromatic N) is 3. The van der Waals surface area contributed by atoms with Gasteiger partial charge in [-0.2, -0.15) is 11.3 Å². The Morgan fingerprint density at radius 1 is 1.26 bits per heavy atom. The molecule has 2 N–H and O–H groups in total. The van der Waals surface area contributed by atoms with Gasteiger partial charge in [0, 0.05) is 33.2 Å². The number of guanidine groups is 1. The number of hydrogen-bond acceptors (Lipinski definition) is 4. The highest BCUT2D eigenvalue weighted by Crippen LogP contribution is 2.04. The molecule has 0 unspecified atom stereocenters. The number of halogens is 1. The molecule has 2 heterocycles. The number of rotatable bonds is 6. The highest BCUT2D eigenvalue weighted by atomic mass is 127. The summed E-state index contributed by atoms with van der Waals surface area (Å²) < 4.78 is 0. The largest absolute Gasteiger partial charge is 0.356 e. The number of thiophene rings is 1. The number of nitrogens with one attached hydrogen (secondary N) is 2. The molecule has 0 radical (unpaired) electrons. The van der Waals surface area contributed by atoms with Gasteiger partial charge in [-0.05, 0) is 61.9 Å². The van der Waals surface area contributed by atoms with E-state index < -0.39 is 0 Å². The maximum absolute atomic E-state index is 4.27. The Morgan fingerprint density at radius 2 is 2.13 bits per heavy atom. The van der Waals surface area contributed by atoms with Crippen molar-refractivity contribution in [2.45, 2.75) is 19.4 Å². The smallest absolute Gasteiger partial charge is 0.191 e. The SMILES string of the molecule is CN=C(NCCCN1CCCN(C)CC1)NCc1ccsc1.I. The van der Waals surface area contributed by atoms with E-state index in [1.807, 2.05) is 7.05 Å². The molecule has 1 saturated heterocycles. The van der Waals surface area contributed by atoms with Crippen LogP contribution in [0.2, 0.25) is 0 Å². The fourth-order valence-electron chi connectivity index (χ4n) is 2.63. The topological polar surface area (TPSA) is 42.9 Å². The lowest BCUT2D eigenvalue weighted by atomic mass is 10.3. The fourth-order valence-corrected chi connectivity index (χ4v) is 3.30. The van der Waals surface area contributed by atoms with Crippen LogP contribution < -0.4 is 10.6 Å². The highest BCUT2D eigenvalue weighted by Gasteiger charge is 2.11. The number of aliphatic imine (C=N–C) groups is 1. The third kappa shape index (κ3) is 8.32.